The van der Waals surface area contributed by atoms with Crippen LogP contribution in [0.15, 0.2) is 12.1 Å². The maximum Gasteiger partial charge on any atom is 0.0931 e. The molecule has 1 aromatic heterocycles. The van der Waals surface area contributed by atoms with Crippen LogP contribution in [0.5, 0.6) is 0 Å². The summed E-state index contributed by atoms with van der Waals surface area (Å²) in [6.45, 7) is 4.66. The molecular weight excluding hydrogens is 247 g/mol. The molecule has 1 aromatic rings. The van der Waals surface area contributed by atoms with Gasteiger partial charge in [0, 0.05) is 4.88 Å². The SMILES string of the molecule is CC1(C)CCCC1C(Cl)c1ccc(Cl)s1. The monoisotopic (exact) mass is 262 g/mol. The highest BCUT2D eigenvalue weighted by atomic mass is 35.5. The molecule has 0 N–H and O–H groups in total. The van der Waals surface area contributed by atoms with Gasteiger partial charge in [0.25, 0.3) is 0 Å². The van der Waals surface area contributed by atoms with E-state index in [2.05, 4.69) is 19.9 Å². The molecule has 84 valence electrons. The van der Waals surface area contributed by atoms with Crippen LogP contribution >= 0.6 is 34.5 Å². The van der Waals surface area contributed by atoms with Gasteiger partial charge in [-0.3, -0.25) is 0 Å². The van der Waals surface area contributed by atoms with E-state index in [1.54, 1.807) is 11.3 Å². The molecule has 1 aliphatic carbocycles. The summed E-state index contributed by atoms with van der Waals surface area (Å²) in [6.07, 6.45) is 3.84. The number of hydrogen-bond acceptors (Lipinski definition) is 1. The highest BCUT2D eigenvalue weighted by Gasteiger charge is 2.39. The van der Waals surface area contributed by atoms with Crippen molar-refractivity contribution in [1.82, 2.24) is 0 Å². The van der Waals surface area contributed by atoms with Gasteiger partial charge in [0.05, 0.1) is 9.71 Å². The maximum atomic E-state index is 6.56. The maximum absolute atomic E-state index is 6.56. The first-order valence-corrected chi connectivity index (χ1v) is 7.03. The number of alkyl halides is 1. The Balaban J connectivity index is 2.17. The zero-order valence-corrected chi connectivity index (χ0v) is 11.4. The van der Waals surface area contributed by atoms with Crippen molar-refractivity contribution in [3.05, 3.63) is 21.3 Å². The minimum Gasteiger partial charge on any atom is -0.127 e. The first-order chi connectivity index (χ1) is 7.00. The molecule has 15 heavy (non-hydrogen) atoms. The highest BCUT2D eigenvalue weighted by Crippen LogP contribution is 2.52. The Morgan fingerprint density at radius 2 is 2.20 bits per heavy atom. The third kappa shape index (κ3) is 2.35. The van der Waals surface area contributed by atoms with Crippen molar-refractivity contribution in [2.75, 3.05) is 0 Å². The zero-order chi connectivity index (χ0) is 11.1. The molecule has 3 heteroatoms. The van der Waals surface area contributed by atoms with Gasteiger partial charge in [-0.1, -0.05) is 31.9 Å². The molecule has 0 aliphatic heterocycles. The fourth-order valence-corrected chi connectivity index (χ4v) is 4.35. The second kappa shape index (κ2) is 4.27. The topological polar surface area (TPSA) is 0 Å². The van der Waals surface area contributed by atoms with Gasteiger partial charge in [-0.25, -0.2) is 0 Å². The molecule has 2 atom stereocenters. The fraction of sp³-hybridized carbons (Fsp3) is 0.667. The lowest BCUT2D eigenvalue weighted by Crippen LogP contribution is -2.21. The van der Waals surface area contributed by atoms with E-state index in [1.165, 1.54) is 24.1 Å². The normalized spacial score (nSPS) is 26.8. The summed E-state index contributed by atoms with van der Waals surface area (Å²) in [7, 11) is 0. The van der Waals surface area contributed by atoms with E-state index >= 15 is 0 Å². The molecule has 0 nitrogen and oxygen atoms in total. The Labute approximate surface area is 106 Å². The van der Waals surface area contributed by atoms with Gasteiger partial charge in [-0.2, -0.15) is 0 Å². The molecule has 0 radical (unpaired) electrons. The van der Waals surface area contributed by atoms with Gasteiger partial charge in [0.15, 0.2) is 0 Å². The molecule has 1 saturated carbocycles. The third-order valence-corrected chi connectivity index (χ3v) is 5.54. The molecule has 1 fully saturated rings. The van der Waals surface area contributed by atoms with Crippen molar-refractivity contribution < 1.29 is 0 Å². The lowest BCUT2D eigenvalue weighted by Gasteiger charge is -2.30. The van der Waals surface area contributed by atoms with Gasteiger partial charge < -0.3 is 0 Å². The van der Waals surface area contributed by atoms with Crippen molar-refractivity contribution in [1.29, 1.82) is 0 Å². The van der Waals surface area contributed by atoms with E-state index in [0.717, 1.165) is 4.34 Å². The summed E-state index contributed by atoms with van der Waals surface area (Å²) >= 11 is 14.1. The van der Waals surface area contributed by atoms with Gasteiger partial charge in [-0.05, 0) is 36.3 Å². The van der Waals surface area contributed by atoms with Gasteiger partial charge >= 0.3 is 0 Å². The van der Waals surface area contributed by atoms with Crippen LogP contribution in [0.25, 0.3) is 0 Å². The number of hydrogen-bond donors (Lipinski definition) is 0. The summed E-state index contributed by atoms with van der Waals surface area (Å²) in [5.41, 5.74) is 0.378. The van der Waals surface area contributed by atoms with E-state index in [0.29, 0.717) is 11.3 Å². The Morgan fingerprint density at radius 3 is 2.67 bits per heavy atom. The van der Waals surface area contributed by atoms with Crippen LogP contribution in [-0.4, -0.2) is 0 Å². The Hall–Kier alpha value is 0.280. The van der Waals surface area contributed by atoms with E-state index in [9.17, 15) is 0 Å². The molecule has 0 spiro atoms. The minimum absolute atomic E-state index is 0.139. The molecule has 2 rings (SSSR count). The summed E-state index contributed by atoms with van der Waals surface area (Å²) in [5.74, 6) is 0.592. The molecule has 1 aliphatic rings. The summed E-state index contributed by atoms with van der Waals surface area (Å²) in [6, 6.07) is 4.01. The van der Waals surface area contributed by atoms with Crippen LogP contribution in [0.3, 0.4) is 0 Å². The third-order valence-electron chi connectivity index (χ3n) is 3.56. The van der Waals surface area contributed by atoms with Crippen molar-refractivity contribution in [2.45, 2.75) is 38.5 Å². The van der Waals surface area contributed by atoms with Crippen LogP contribution in [0.2, 0.25) is 4.34 Å². The van der Waals surface area contributed by atoms with Gasteiger partial charge in [0.1, 0.15) is 0 Å². The molecule has 0 bridgehead atoms. The predicted octanol–water partition coefficient (Wildman–Crippen LogP) is 5.51. The fourth-order valence-electron chi connectivity index (χ4n) is 2.57. The minimum atomic E-state index is 0.139. The molecule has 0 amide bonds. The molecule has 0 aromatic carbocycles. The van der Waals surface area contributed by atoms with E-state index in [-0.39, 0.29) is 5.38 Å². The van der Waals surface area contributed by atoms with Gasteiger partial charge in [0.2, 0.25) is 0 Å². The van der Waals surface area contributed by atoms with Crippen LogP contribution < -0.4 is 0 Å². The summed E-state index contributed by atoms with van der Waals surface area (Å²) in [5, 5.41) is 0.139. The average Bonchev–Trinajstić information content (AvgIpc) is 2.70. The van der Waals surface area contributed by atoms with E-state index in [4.69, 9.17) is 23.2 Å². The predicted molar refractivity (Wildman–Crippen MR) is 69.0 cm³/mol. The van der Waals surface area contributed by atoms with Crippen LogP contribution in [0.1, 0.15) is 43.4 Å². The zero-order valence-electron chi connectivity index (χ0n) is 9.09. The summed E-state index contributed by atoms with van der Waals surface area (Å²) < 4.78 is 0.839. The Morgan fingerprint density at radius 1 is 1.47 bits per heavy atom. The van der Waals surface area contributed by atoms with Crippen molar-refractivity contribution in [3.8, 4) is 0 Å². The molecule has 0 saturated heterocycles. The lowest BCUT2D eigenvalue weighted by atomic mass is 9.79. The van der Waals surface area contributed by atoms with E-state index < -0.39 is 0 Å². The quantitative estimate of drug-likeness (QED) is 0.617. The smallest absolute Gasteiger partial charge is 0.0931 e. The van der Waals surface area contributed by atoms with Crippen LogP contribution in [-0.2, 0) is 0 Å². The van der Waals surface area contributed by atoms with Crippen LogP contribution in [0, 0.1) is 11.3 Å². The van der Waals surface area contributed by atoms with Crippen molar-refractivity contribution >= 4 is 34.5 Å². The average molecular weight is 263 g/mol. The second-order valence-corrected chi connectivity index (χ2v) is 7.25. The van der Waals surface area contributed by atoms with E-state index in [1.807, 2.05) is 6.07 Å². The highest BCUT2D eigenvalue weighted by molar-refractivity contribution is 7.16. The number of thiophene rings is 1. The van der Waals surface area contributed by atoms with Crippen molar-refractivity contribution in [2.24, 2.45) is 11.3 Å². The molecule has 1 heterocycles. The Kier molecular flexibility index (Phi) is 3.35. The second-order valence-electron chi connectivity index (χ2n) is 5.03. The standard InChI is InChI=1S/C12H16Cl2S/c1-12(2)7-3-4-8(12)11(14)9-5-6-10(13)15-9/h5-6,8,11H,3-4,7H2,1-2H3. The summed E-state index contributed by atoms with van der Waals surface area (Å²) in [4.78, 5) is 1.22. The van der Waals surface area contributed by atoms with Crippen LogP contribution in [0.4, 0.5) is 0 Å². The molecular formula is C12H16Cl2S. The number of halogens is 2. The van der Waals surface area contributed by atoms with Crippen molar-refractivity contribution in [3.63, 3.8) is 0 Å². The Bertz CT molecular complexity index is 343. The number of rotatable bonds is 2. The van der Waals surface area contributed by atoms with Gasteiger partial charge in [-0.15, -0.1) is 22.9 Å². The molecule has 2 unspecified atom stereocenters. The first kappa shape index (κ1) is 11.8. The largest absolute Gasteiger partial charge is 0.127 e. The lowest BCUT2D eigenvalue weighted by molar-refractivity contribution is 0.253. The first-order valence-electron chi connectivity index (χ1n) is 5.40.